The second-order valence-electron chi connectivity index (χ2n) is 3.78. The molecule has 1 heterocycles. The van der Waals surface area contributed by atoms with Crippen LogP contribution in [-0.2, 0) is 11.2 Å². The first kappa shape index (κ1) is 10.7. The topological polar surface area (TPSA) is 76.5 Å². The lowest BCUT2D eigenvalue weighted by molar-refractivity contribution is -0.138. The summed E-state index contributed by atoms with van der Waals surface area (Å²) in [6, 6.07) is 6.90. The van der Waals surface area contributed by atoms with Gasteiger partial charge < -0.3 is 15.3 Å². The molecule has 0 saturated heterocycles. The van der Waals surface area contributed by atoms with Crippen molar-refractivity contribution in [1.29, 1.82) is 0 Å². The first-order valence-electron chi connectivity index (χ1n) is 5.11. The molecule has 4 heteroatoms. The van der Waals surface area contributed by atoms with Crippen molar-refractivity contribution in [2.75, 3.05) is 0 Å². The highest BCUT2D eigenvalue weighted by atomic mass is 16.4. The molecule has 0 aliphatic rings. The third-order valence-corrected chi connectivity index (χ3v) is 2.58. The fraction of sp³-hybridized carbons (Fsp3) is 0.250. The molecule has 16 heavy (non-hydrogen) atoms. The van der Waals surface area contributed by atoms with Gasteiger partial charge in [0, 0.05) is 5.39 Å². The normalized spacial score (nSPS) is 12.8. The number of carboxylic acids is 1. The fourth-order valence-corrected chi connectivity index (χ4v) is 1.62. The quantitative estimate of drug-likeness (QED) is 0.821. The second kappa shape index (κ2) is 4.37. The highest BCUT2D eigenvalue weighted by Gasteiger charge is 2.11. The summed E-state index contributed by atoms with van der Waals surface area (Å²) >= 11 is 0. The molecule has 1 atom stereocenters. The van der Waals surface area contributed by atoms with E-state index in [2.05, 4.69) is 0 Å². The zero-order chi connectivity index (χ0) is 11.5. The van der Waals surface area contributed by atoms with Gasteiger partial charge in [0.2, 0.25) is 0 Å². The number of rotatable bonds is 4. The summed E-state index contributed by atoms with van der Waals surface area (Å²) in [6.07, 6.45) is 2.74. The number of fused-ring (bicyclic) bond motifs is 1. The highest BCUT2D eigenvalue weighted by molar-refractivity contribution is 5.77. The lowest BCUT2D eigenvalue weighted by atomic mass is 10.0. The zero-order valence-electron chi connectivity index (χ0n) is 8.72. The summed E-state index contributed by atoms with van der Waals surface area (Å²) < 4.78 is 5.22. The molecular formula is C12H13NO3. The van der Waals surface area contributed by atoms with E-state index in [0.29, 0.717) is 12.8 Å². The van der Waals surface area contributed by atoms with E-state index in [1.807, 2.05) is 24.3 Å². The van der Waals surface area contributed by atoms with Gasteiger partial charge in [0.1, 0.15) is 11.6 Å². The molecule has 0 aliphatic carbocycles. The van der Waals surface area contributed by atoms with Crippen molar-refractivity contribution < 1.29 is 14.3 Å². The van der Waals surface area contributed by atoms with Gasteiger partial charge in [0.05, 0.1) is 6.26 Å². The molecule has 0 spiro atoms. The molecule has 0 bridgehead atoms. The van der Waals surface area contributed by atoms with Gasteiger partial charge in [-0.2, -0.15) is 0 Å². The van der Waals surface area contributed by atoms with E-state index in [4.69, 9.17) is 15.3 Å². The molecule has 1 aromatic carbocycles. The minimum absolute atomic E-state index is 0.443. The van der Waals surface area contributed by atoms with Crippen molar-refractivity contribution in [1.82, 2.24) is 0 Å². The number of furan rings is 1. The van der Waals surface area contributed by atoms with E-state index in [1.54, 1.807) is 6.26 Å². The first-order chi connectivity index (χ1) is 7.66. The molecule has 0 radical (unpaired) electrons. The molecule has 3 N–H and O–H groups in total. The largest absolute Gasteiger partial charge is 0.480 e. The van der Waals surface area contributed by atoms with Crippen molar-refractivity contribution in [2.45, 2.75) is 18.9 Å². The summed E-state index contributed by atoms with van der Waals surface area (Å²) in [6.45, 7) is 0. The Morgan fingerprint density at radius 3 is 3.00 bits per heavy atom. The van der Waals surface area contributed by atoms with Crippen molar-refractivity contribution in [3.63, 3.8) is 0 Å². The van der Waals surface area contributed by atoms with Crippen molar-refractivity contribution in [3.05, 3.63) is 36.1 Å². The summed E-state index contributed by atoms with van der Waals surface area (Å²) in [4.78, 5) is 10.6. The Balaban J connectivity index is 2.06. The molecular weight excluding hydrogens is 206 g/mol. The van der Waals surface area contributed by atoms with E-state index in [9.17, 15) is 4.79 Å². The van der Waals surface area contributed by atoms with E-state index >= 15 is 0 Å². The van der Waals surface area contributed by atoms with Crippen LogP contribution in [0.4, 0.5) is 0 Å². The molecule has 1 unspecified atom stereocenters. The minimum Gasteiger partial charge on any atom is -0.480 e. The van der Waals surface area contributed by atoms with E-state index in [0.717, 1.165) is 16.5 Å². The molecule has 2 rings (SSSR count). The van der Waals surface area contributed by atoms with Crippen LogP contribution in [0.25, 0.3) is 11.0 Å². The van der Waals surface area contributed by atoms with Crippen LogP contribution in [0.15, 0.2) is 34.9 Å². The Kier molecular flexibility index (Phi) is 2.92. The standard InChI is InChI=1S/C12H13NO3/c13-10(12(14)15)3-1-8-2-4-11-9(7-8)5-6-16-11/h2,4-7,10H,1,3,13H2,(H,14,15). The Labute approximate surface area is 92.7 Å². The van der Waals surface area contributed by atoms with Crippen LogP contribution in [0.3, 0.4) is 0 Å². The maximum Gasteiger partial charge on any atom is 0.320 e. The fourth-order valence-electron chi connectivity index (χ4n) is 1.62. The highest BCUT2D eigenvalue weighted by Crippen LogP contribution is 2.18. The average molecular weight is 219 g/mol. The van der Waals surface area contributed by atoms with Gasteiger partial charge in [-0.15, -0.1) is 0 Å². The van der Waals surface area contributed by atoms with Crippen molar-refractivity contribution in [2.24, 2.45) is 5.73 Å². The molecule has 0 aliphatic heterocycles. The van der Waals surface area contributed by atoms with Crippen LogP contribution in [0.1, 0.15) is 12.0 Å². The Hall–Kier alpha value is -1.81. The van der Waals surface area contributed by atoms with Crippen LogP contribution >= 0.6 is 0 Å². The average Bonchev–Trinajstić information content (AvgIpc) is 2.72. The van der Waals surface area contributed by atoms with Crippen LogP contribution in [0.2, 0.25) is 0 Å². The Bertz CT molecular complexity index is 504. The number of aryl methyl sites for hydroxylation is 1. The zero-order valence-corrected chi connectivity index (χ0v) is 8.72. The molecule has 0 saturated carbocycles. The number of benzene rings is 1. The number of hydrogen-bond donors (Lipinski definition) is 2. The van der Waals surface area contributed by atoms with Crippen molar-refractivity contribution in [3.8, 4) is 0 Å². The number of nitrogens with two attached hydrogens (primary N) is 1. The van der Waals surface area contributed by atoms with E-state index in [-0.39, 0.29) is 0 Å². The second-order valence-corrected chi connectivity index (χ2v) is 3.78. The molecule has 0 amide bonds. The predicted molar refractivity (Wildman–Crippen MR) is 60.1 cm³/mol. The van der Waals surface area contributed by atoms with Gasteiger partial charge in [-0.3, -0.25) is 4.79 Å². The van der Waals surface area contributed by atoms with Gasteiger partial charge in [-0.05, 0) is 36.6 Å². The number of aliphatic carboxylic acids is 1. The maximum atomic E-state index is 10.6. The van der Waals surface area contributed by atoms with Gasteiger partial charge in [0.15, 0.2) is 0 Å². The van der Waals surface area contributed by atoms with Gasteiger partial charge in [-0.25, -0.2) is 0 Å². The van der Waals surface area contributed by atoms with Crippen LogP contribution in [0.5, 0.6) is 0 Å². The van der Waals surface area contributed by atoms with Gasteiger partial charge in [-0.1, -0.05) is 6.07 Å². The van der Waals surface area contributed by atoms with E-state index in [1.165, 1.54) is 0 Å². The monoisotopic (exact) mass is 219 g/mol. The SMILES string of the molecule is NC(CCc1ccc2occc2c1)C(=O)O. The maximum absolute atomic E-state index is 10.6. The minimum atomic E-state index is -0.954. The number of carboxylic acid groups (broad SMARTS) is 1. The Morgan fingerprint density at radius 2 is 2.25 bits per heavy atom. The summed E-state index contributed by atoms with van der Waals surface area (Å²) in [5.74, 6) is -0.954. The summed E-state index contributed by atoms with van der Waals surface area (Å²) in [5.41, 5.74) is 7.35. The number of hydrogen-bond acceptors (Lipinski definition) is 3. The van der Waals surface area contributed by atoms with Crippen LogP contribution in [-0.4, -0.2) is 17.1 Å². The molecule has 1 aromatic heterocycles. The van der Waals surface area contributed by atoms with Crippen LogP contribution in [0, 0.1) is 0 Å². The predicted octanol–water partition coefficient (Wildman–Crippen LogP) is 1.78. The molecule has 0 fully saturated rings. The molecule has 4 nitrogen and oxygen atoms in total. The summed E-state index contributed by atoms with van der Waals surface area (Å²) in [7, 11) is 0. The number of carbonyl (C=O) groups is 1. The van der Waals surface area contributed by atoms with Gasteiger partial charge >= 0.3 is 5.97 Å². The van der Waals surface area contributed by atoms with E-state index < -0.39 is 12.0 Å². The Morgan fingerprint density at radius 1 is 1.44 bits per heavy atom. The molecule has 84 valence electrons. The van der Waals surface area contributed by atoms with Crippen molar-refractivity contribution >= 4 is 16.9 Å². The third-order valence-electron chi connectivity index (χ3n) is 2.58. The molecule has 2 aromatic rings. The van der Waals surface area contributed by atoms with Crippen LogP contribution < -0.4 is 5.73 Å². The third kappa shape index (κ3) is 2.23. The lowest BCUT2D eigenvalue weighted by Gasteiger charge is -2.05. The first-order valence-corrected chi connectivity index (χ1v) is 5.11. The van der Waals surface area contributed by atoms with Gasteiger partial charge in [0.25, 0.3) is 0 Å². The smallest absolute Gasteiger partial charge is 0.320 e. The summed E-state index contributed by atoms with van der Waals surface area (Å²) in [5, 5.41) is 9.69. The lowest BCUT2D eigenvalue weighted by Crippen LogP contribution is -2.30.